The van der Waals surface area contributed by atoms with Gasteiger partial charge in [0.2, 0.25) is 5.91 Å². The van der Waals surface area contributed by atoms with E-state index in [0.717, 1.165) is 24.9 Å². The summed E-state index contributed by atoms with van der Waals surface area (Å²) in [5.41, 5.74) is 7.62. The maximum atomic E-state index is 16.6. The van der Waals surface area contributed by atoms with Gasteiger partial charge < -0.3 is 20.5 Å². The first-order valence-electron chi connectivity index (χ1n) is 13.1. The number of hydrogen-bond donors (Lipinski definition) is 2. The van der Waals surface area contributed by atoms with Crippen molar-refractivity contribution in [1.82, 2.24) is 15.1 Å². The maximum Gasteiger partial charge on any atom is 0.249 e. The summed E-state index contributed by atoms with van der Waals surface area (Å²) in [6.07, 6.45) is 3.81. The third-order valence-corrected chi connectivity index (χ3v) is 8.56. The minimum atomic E-state index is -0.884. The molecule has 0 radical (unpaired) electrons. The van der Waals surface area contributed by atoms with Crippen LogP contribution in [0.4, 0.5) is 8.78 Å². The SMILES string of the molecule is Cn1cc2c(n1)COc1c-2cc(C(N)=O)c(-c2c(Cl)c(F)cc3c2CC(c2ccccc2)(C2CCCN2)O3)c1F. The second kappa shape index (κ2) is 9.04. The molecule has 7 rings (SSSR count). The number of carbonyl (C=O) groups excluding carboxylic acids is 1. The average Bonchev–Trinajstić information content (AvgIpc) is 3.69. The second-order valence-electron chi connectivity index (χ2n) is 10.5. The van der Waals surface area contributed by atoms with Crippen molar-refractivity contribution in [3.8, 4) is 33.8 Å². The summed E-state index contributed by atoms with van der Waals surface area (Å²) in [4.78, 5) is 12.8. The minimum Gasteiger partial charge on any atom is -0.483 e. The molecule has 2 atom stereocenters. The highest BCUT2D eigenvalue weighted by Crippen LogP contribution is 2.53. The Morgan fingerprint density at radius 2 is 2.00 bits per heavy atom. The van der Waals surface area contributed by atoms with Crippen molar-refractivity contribution >= 4 is 17.5 Å². The van der Waals surface area contributed by atoms with Crippen molar-refractivity contribution in [2.75, 3.05) is 6.54 Å². The lowest BCUT2D eigenvalue weighted by Crippen LogP contribution is -2.48. The molecule has 0 bridgehead atoms. The van der Waals surface area contributed by atoms with Crippen LogP contribution in [0.25, 0.3) is 22.3 Å². The van der Waals surface area contributed by atoms with Crippen molar-refractivity contribution in [2.45, 2.75) is 37.5 Å². The van der Waals surface area contributed by atoms with Gasteiger partial charge in [0.1, 0.15) is 23.9 Å². The van der Waals surface area contributed by atoms with E-state index in [1.807, 2.05) is 30.3 Å². The molecule has 3 aliphatic rings. The van der Waals surface area contributed by atoms with Crippen molar-refractivity contribution in [1.29, 1.82) is 0 Å². The van der Waals surface area contributed by atoms with E-state index in [-0.39, 0.29) is 52.3 Å². The molecule has 0 saturated carbocycles. The number of halogens is 3. The molecule has 1 saturated heterocycles. The van der Waals surface area contributed by atoms with Gasteiger partial charge in [0.25, 0.3) is 0 Å². The molecule has 3 aromatic carbocycles. The van der Waals surface area contributed by atoms with Gasteiger partial charge in [-0.25, -0.2) is 8.78 Å². The van der Waals surface area contributed by atoms with Crippen LogP contribution in [-0.2, 0) is 25.7 Å². The van der Waals surface area contributed by atoms with Crippen LogP contribution in [0.2, 0.25) is 5.02 Å². The highest BCUT2D eigenvalue weighted by Gasteiger charge is 2.50. The number of benzene rings is 3. The molecule has 10 heteroatoms. The fourth-order valence-electron chi connectivity index (χ4n) is 6.44. The number of nitrogens with two attached hydrogens (primary N) is 1. The van der Waals surface area contributed by atoms with Gasteiger partial charge >= 0.3 is 0 Å². The van der Waals surface area contributed by atoms with E-state index in [4.69, 9.17) is 26.8 Å². The van der Waals surface area contributed by atoms with Gasteiger partial charge in [0, 0.05) is 53.5 Å². The number of aromatic nitrogens is 2. The number of primary amides is 1. The number of nitrogens with zero attached hydrogens (tertiary/aromatic N) is 2. The molecule has 1 amide bonds. The number of hydrogen-bond acceptors (Lipinski definition) is 5. The summed E-state index contributed by atoms with van der Waals surface area (Å²) in [6.45, 7) is 0.859. The van der Waals surface area contributed by atoms with Gasteiger partial charge in [-0.2, -0.15) is 5.10 Å². The molecule has 1 fully saturated rings. The largest absolute Gasteiger partial charge is 0.483 e. The van der Waals surface area contributed by atoms with E-state index in [2.05, 4.69) is 10.4 Å². The Morgan fingerprint density at radius 3 is 2.73 bits per heavy atom. The quantitative estimate of drug-likeness (QED) is 0.354. The Morgan fingerprint density at radius 1 is 1.20 bits per heavy atom. The molecular weight excluding hydrogens is 538 g/mol. The lowest BCUT2D eigenvalue weighted by Gasteiger charge is -2.35. The molecule has 4 aromatic rings. The predicted octanol–water partition coefficient (Wildman–Crippen LogP) is 5.26. The minimum absolute atomic E-state index is 0.0397. The number of fused-ring (bicyclic) bond motifs is 4. The van der Waals surface area contributed by atoms with Gasteiger partial charge in [0.15, 0.2) is 17.2 Å². The van der Waals surface area contributed by atoms with Gasteiger partial charge in [0.05, 0.1) is 16.6 Å². The summed E-state index contributed by atoms with van der Waals surface area (Å²) in [5, 5.41) is 7.56. The van der Waals surface area contributed by atoms with Crippen LogP contribution in [-0.4, -0.2) is 28.3 Å². The van der Waals surface area contributed by atoms with Crippen LogP contribution in [0, 0.1) is 11.6 Å². The lowest BCUT2D eigenvalue weighted by molar-refractivity contribution is 0.0539. The zero-order chi connectivity index (χ0) is 27.8. The Bertz CT molecular complexity index is 1700. The van der Waals surface area contributed by atoms with Crippen molar-refractivity contribution in [3.63, 3.8) is 0 Å². The average molecular weight is 563 g/mol. The molecule has 3 N–H and O–H groups in total. The van der Waals surface area contributed by atoms with Crippen LogP contribution in [0.15, 0.2) is 48.7 Å². The van der Waals surface area contributed by atoms with Crippen LogP contribution in [0.1, 0.15) is 40.0 Å². The number of amides is 1. The van der Waals surface area contributed by atoms with E-state index in [1.54, 1.807) is 17.9 Å². The highest BCUT2D eigenvalue weighted by atomic mass is 35.5. The fourth-order valence-corrected chi connectivity index (χ4v) is 6.70. The van der Waals surface area contributed by atoms with Crippen molar-refractivity contribution < 1.29 is 23.0 Å². The third-order valence-electron chi connectivity index (χ3n) is 8.19. The lowest BCUT2D eigenvalue weighted by atomic mass is 9.80. The predicted molar refractivity (Wildman–Crippen MR) is 145 cm³/mol. The molecule has 3 aliphatic heterocycles. The summed E-state index contributed by atoms with van der Waals surface area (Å²) >= 11 is 6.61. The van der Waals surface area contributed by atoms with Crippen LogP contribution >= 0.6 is 11.6 Å². The van der Waals surface area contributed by atoms with Crippen LogP contribution in [0.3, 0.4) is 0 Å². The Hall–Kier alpha value is -3.95. The topological polar surface area (TPSA) is 91.4 Å². The molecule has 4 heterocycles. The zero-order valence-electron chi connectivity index (χ0n) is 21.6. The smallest absolute Gasteiger partial charge is 0.249 e. The van der Waals surface area contributed by atoms with E-state index in [9.17, 15) is 4.79 Å². The number of carbonyl (C=O) groups is 1. The molecule has 40 heavy (non-hydrogen) atoms. The van der Waals surface area contributed by atoms with Crippen LogP contribution < -0.4 is 20.5 Å². The first-order valence-corrected chi connectivity index (χ1v) is 13.5. The Labute approximate surface area is 233 Å². The molecule has 2 unspecified atom stereocenters. The molecule has 1 aromatic heterocycles. The first kappa shape index (κ1) is 25.0. The number of aryl methyl sites for hydroxylation is 1. The van der Waals surface area contributed by atoms with Crippen LogP contribution in [0.5, 0.6) is 11.5 Å². The second-order valence-corrected chi connectivity index (χ2v) is 10.9. The van der Waals surface area contributed by atoms with Gasteiger partial charge in [-0.05, 0) is 31.0 Å². The molecule has 0 spiro atoms. The van der Waals surface area contributed by atoms with E-state index >= 15 is 8.78 Å². The van der Waals surface area contributed by atoms with Gasteiger partial charge in [-0.1, -0.05) is 41.9 Å². The molecule has 7 nitrogen and oxygen atoms in total. The highest BCUT2D eigenvalue weighted by molar-refractivity contribution is 6.34. The molecule has 204 valence electrons. The number of rotatable bonds is 4. The monoisotopic (exact) mass is 562 g/mol. The number of nitrogens with one attached hydrogen (secondary N) is 1. The summed E-state index contributed by atoms with van der Waals surface area (Å²) in [7, 11) is 1.74. The van der Waals surface area contributed by atoms with Crippen molar-refractivity contribution in [2.24, 2.45) is 12.8 Å². The van der Waals surface area contributed by atoms with E-state index in [0.29, 0.717) is 22.4 Å². The van der Waals surface area contributed by atoms with Gasteiger partial charge in [-0.15, -0.1) is 0 Å². The normalized spacial score (nSPS) is 20.9. The fraction of sp³-hybridized carbons (Fsp3) is 0.267. The molecule has 0 aliphatic carbocycles. The van der Waals surface area contributed by atoms with Gasteiger partial charge in [-0.3, -0.25) is 9.48 Å². The standard InChI is InChI=1S/C30H25ClF2N4O3/c1-37-13-19-16-10-17(29(34)38)25(27(33)28(16)39-14-21(19)36-37)24-18-12-30(23-8-5-9-35-23,15-6-3-2-4-7-15)40-22(18)11-20(32)26(24)31/h2-4,6-7,10-11,13,23,35H,5,8-9,12,14H2,1H3,(H2,34,38). The zero-order valence-corrected chi connectivity index (χ0v) is 22.3. The van der Waals surface area contributed by atoms with E-state index in [1.165, 1.54) is 12.1 Å². The van der Waals surface area contributed by atoms with Crippen molar-refractivity contribution in [3.05, 3.63) is 87.7 Å². The summed E-state index contributed by atoms with van der Waals surface area (Å²) in [5.74, 6) is -2.33. The Kier molecular flexibility index (Phi) is 5.66. The summed E-state index contributed by atoms with van der Waals surface area (Å²) < 4.78 is 46.0. The third kappa shape index (κ3) is 3.57. The Balaban J connectivity index is 1.47. The number of ether oxygens (including phenoxy) is 2. The molecular formula is C30H25ClF2N4O3. The van der Waals surface area contributed by atoms with E-state index < -0.39 is 23.1 Å². The first-order chi connectivity index (χ1) is 19.3. The maximum absolute atomic E-state index is 16.6. The summed E-state index contributed by atoms with van der Waals surface area (Å²) in [6, 6.07) is 12.3.